The molecule has 3 rings (SSSR count). The maximum absolute atomic E-state index is 12.6. The van der Waals surface area contributed by atoms with Crippen LogP contribution in [-0.2, 0) is 9.84 Å². The van der Waals surface area contributed by atoms with Gasteiger partial charge in [-0.2, -0.15) is 0 Å². The largest absolute Gasteiger partial charge is 0.508 e. The van der Waals surface area contributed by atoms with Crippen LogP contribution in [0.3, 0.4) is 0 Å². The average Bonchev–Trinajstić information content (AvgIpc) is 3.04. The fraction of sp³-hybridized carbons (Fsp3) is 0.294. The zero-order valence-electron chi connectivity index (χ0n) is 12.5. The number of phenols is 1. The second kappa shape index (κ2) is 6.78. The third kappa shape index (κ3) is 3.54. The van der Waals surface area contributed by atoms with E-state index in [9.17, 15) is 13.5 Å². The first-order chi connectivity index (χ1) is 11.0. The Balaban J connectivity index is 1.83. The molecule has 23 heavy (non-hydrogen) atoms. The molecule has 0 spiro atoms. The lowest BCUT2D eigenvalue weighted by atomic mass is 9.99. The van der Waals surface area contributed by atoms with Gasteiger partial charge in [0.2, 0.25) is 9.84 Å². The van der Waals surface area contributed by atoms with Crippen molar-refractivity contribution in [3.63, 3.8) is 0 Å². The number of hydrogen-bond donors (Lipinski definition) is 1. The number of hydrogen-bond acceptors (Lipinski definition) is 4. The summed E-state index contributed by atoms with van der Waals surface area (Å²) in [6.45, 7) is 2.13. The van der Waals surface area contributed by atoms with Crippen LogP contribution in [0.5, 0.6) is 5.75 Å². The van der Waals surface area contributed by atoms with Crippen molar-refractivity contribution in [3.8, 4) is 5.75 Å². The summed E-state index contributed by atoms with van der Waals surface area (Å²) < 4.78 is 26.2. The lowest BCUT2D eigenvalue weighted by molar-refractivity contribution is 0.404. The number of nitrogens with zero attached hydrogens (tertiary/aromatic N) is 1. The summed E-state index contributed by atoms with van der Waals surface area (Å²) >= 11 is 2.37. The van der Waals surface area contributed by atoms with Gasteiger partial charge < -0.3 is 5.11 Å². The molecule has 0 bridgehead atoms. The van der Waals surface area contributed by atoms with Gasteiger partial charge in [0.25, 0.3) is 0 Å². The van der Waals surface area contributed by atoms with Crippen LogP contribution in [0.25, 0.3) is 0 Å². The van der Waals surface area contributed by atoms with E-state index in [4.69, 9.17) is 0 Å². The molecular weight excluding hydrogens is 425 g/mol. The standard InChI is InChI=1S/C17H18INO3S/c18-12-19-10-9-14(11-19)13-1-5-16(6-2-13)23(21,22)17-7-3-15(20)4-8-17/h1-8,14,20H,9-12H2. The van der Waals surface area contributed by atoms with Crippen LogP contribution in [0.15, 0.2) is 58.3 Å². The molecule has 1 aliphatic rings. The summed E-state index contributed by atoms with van der Waals surface area (Å²) in [5, 5.41) is 9.29. The maximum Gasteiger partial charge on any atom is 0.206 e. The Morgan fingerprint density at radius 1 is 1.04 bits per heavy atom. The third-order valence-electron chi connectivity index (χ3n) is 4.25. The monoisotopic (exact) mass is 443 g/mol. The van der Waals surface area contributed by atoms with E-state index >= 15 is 0 Å². The minimum absolute atomic E-state index is 0.0559. The van der Waals surface area contributed by atoms with Crippen LogP contribution in [-0.4, -0.2) is 36.1 Å². The minimum Gasteiger partial charge on any atom is -0.508 e. The smallest absolute Gasteiger partial charge is 0.206 e. The molecule has 1 N–H and O–H groups in total. The van der Waals surface area contributed by atoms with Crippen molar-refractivity contribution in [1.29, 1.82) is 0 Å². The first-order valence-corrected chi connectivity index (χ1v) is 10.4. The van der Waals surface area contributed by atoms with Gasteiger partial charge in [-0.15, -0.1) is 0 Å². The summed E-state index contributed by atoms with van der Waals surface area (Å²) in [5.74, 6) is 0.538. The lowest BCUT2D eigenvalue weighted by Crippen LogP contribution is -2.17. The number of halogens is 1. The van der Waals surface area contributed by atoms with Gasteiger partial charge in [-0.1, -0.05) is 34.7 Å². The maximum atomic E-state index is 12.6. The van der Waals surface area contributed by atoms with Crippen molar-refractivity contribution in [1.82, 2.24) is 4.90 Å². The molecule has 0 saturated carbocycles. The summed E-state index contributed by atoms with van der Waals surface area (Å²) in [6, 6.07) is 12.8. The Bertz CT molecular complexity index is 772. The van der Waals surface area contributed by atoms with Crippen LogP contribution in [0.4, 0.5) is 0 Å². The summed E-state index contributed by atoms with van der Waals surface area (Å²) in [5.41, 5.74) is 1.20. The molecule has 2 aromatic rings. The predicted octanol–water partition coefficient (Wildman–Crippen LogP) is 3.41. The fourth-order valence-corrected chi connectivity index (χ4v) is 4.77. The van der Waals surface area contributed by atoms with E-state index in [-0.39, 0.29) is 15.5 Å². The number of alkyl halides is 1. The van der Waals surface area contributed by atoms with Gasteiger partial charge in [0.05, 0.1) is 14.3 Å². The first kappa shape index (κ1) is 16.7. The van der Waals surface area contributed by atoms with Crippen molar-refractivity contribution in [2.75, 3.05) is 17.6 Å². The van der Waals surface area contributed by atoms with Gasteiger partial charge in [-0.05, 0) is 60.8 Å². The van der Waals surface area contributed by atoms with Crippen LogP contribution in [0.1, 0.15) is 17.9 Å². The highest BCUT2D eigenvalue weighted by atomic mass is 127. The molecule has 1 aliphatic heterocycles. The Hall–Kier alpha value is -1.12. The molecule has 0 aliphatic carbocycles. The van der Waals surface area contributed by atoms with E-state index in [1.807, 2.05) is 12.1 Å². The molecule has 1 fully saturated rings. The van der Waals surface area contributed by atoms with Gasteiger partial charge in [0.1, 0.15) is 5.75 Å². The van der Waals surface area contributed by atoms with Crippen molar-refractivity contribution in [2.24, 2.45) is 0 Å². The molecule has 1 unspecified atom stereocenters. The SMILES string of the molecule is O=S(=O)(c1ccc(O)cc1)c1ccc(C2CCN(CI)C2)cc1. The normalized spacial score (nSPS) is 19.1. The highest BCUT2D eigenvalue weighted by molar-refractivity contribution is 14.1. The predicted molar refractivity (Wildman–Crippen MR) is 97.8 cm³/mol. The molecule has 0 aromatic heterocycles. The van der Waals surface area contributed by atoms with Gasteiger partial charge >= 0.3 is 0 Å². The molecule has 1 saturated heterocycles. The van der Waals surface area contributed by atoms with E-state index in [1.54, 1.807) is 12.1 Å². The van der Waals surface area contributed by atoms with E-state index < -0.39 is 9.84 Å². The lowest BCUT2D eigenvalue weighted by Gasteiger charge is -2.13. The van der Waals surface area contributed by atoms with E-state index in [2.05, 4.69) is 27.5 Å². The Morgan fingerprint density at radius 3 is 2.13 bits per heavy atom. The highest BCUT2D eigenvalue weighted by Gasteiger charge is 2.24. The third-order valence-corrected chi connectivity index (χ3v) is 7.00. The number of aromatic hydroxyl groups is 1. The molecule has 1 atom stereocenters. The van der Waals surface area contributed by atoms with Gasteiger partial charge in [0.15, 0.2) is 0 Å². The number of likely N-dealkylation sites (tertiary alicyclic amines) is 1. The highest BCUT2D eigenvalue weighted by Crippen LogP contribution is 2.29. The number of sulfone groups is 1. The molecule has 6 heteroatoms. The van der Waals surface area contributed by atoms with Crippen LogP contribution < -0.4 is 0 Å². The molecule has 0 radical (unpaired) electrons. The molecular formula is C17H18INO3S. The molecule has 2 aromatic carbocycles. The number of rotatable bonds is 4. The number of benzene rings is 2. The quantitative estimate of drug-likeness (QED) is 0.447. The van der Waals surface area contributed by atoms with Crippen molar-refractivity contribution in [3.05, 3.63) is 54.1 Å². The van der Waals surface area contributed by atoms with Crippen LogP contribution in [0, 0.1) is 0 Å². The van der Waals surface area contributed by atoms with E-state index in [0.717, 1.165) is 24.1 Å². The summed E-state index contributed by atoms with van der Waals surface area (Å²) in [6.07, 6.45) is 1.12. The Morgan fingerprint density at radius 2 is 1.61 bits per heavy atom. The second-order valence-electron chi connectivity index (χ2n) is 5.75. The fourth-order valence-electron chi connectivity index (χ4n) is 2.89. The van der Waals surface area contributed by atoms with Gasteiger partial charge in [0, 0.05) is 6.54 Å². The zero-order chi connectivity index (χ0) is 16.4. The van der Waals surface area contributed by atoms with Crippen LogP contribution >= 0.6 is 22.6 Å². The zero-order valence-corrected chi connectivity index (χ0v) is 15.5. The number of phenolic OH excluding ortho intramolecular Hbond substituents is 1. The van der Waals surface area contributed by atoms with Crippen LogP contribution in [0.2, 0.25) is 0 Å². The molecule has 1 heterocycles. The molecule has 4 nitrogen and oxygen atoms in total. The van der Waals surface area contributed by atoms with Crippen molar-refractivity contribution in [2.45, 2.75) is 22.1 Å². The van der Waals surface area contributed by atoms with E-state index in [1.165, 1.54) is 29.8 Å². The second-order valence-corrected chi connectivity index (χ2v) is 8.38. The topological polar surface area (TPSA) is 57.6 Å². The van der Waals surface area contributed by atoms with Crippen molar-refractivity contribution < 1.29 is 13.5 Å². The minimum atomic E-state index is -3.53. The van der Waals surface area contributed by atoms with E-state index in [0.29, 0.717) is 5.92 Å². The van der Waals surface area contributed by atoms with Crippen molar-refractivity contribution >= 4 is 32.4 Å². The Kier molecular flexibility index (Phi) is 4.93. The average molecular weight is 443 g/mol. The molecule has 0 amide bonds. The van der Waals surface area contributed by atoms with Gasteiger partial charge in [-0.25, -0.2) is 8.42 Å². The summed E-state index contributed by atoms with van der Waals surface area (Å²) in [7, 11) is -3.53. The first-order valence-electron chi connectivity index (χ1n) is 7.43. The summed E-state index contributed by atoms with van der Waals surface area (Å²) in [4.78, 5) is 2.88. The van der Waals surface area contributed by atoms with Gasteiger partial charge in [-0.3, -0.25) is 4.90 Å². The Labute approximate surface area is 150 Å². The molecule has 122 valence electrons.